The number of nitrogen functional groups attached to an aromatic ring is 1. The molecule has 10 nitrogen and oxygen atoms in total. The van der Waals surface area contributed by atoms with Gasteiger partial charge in [0, 0.05) is 18.9 Å². The summed E-state index contributed by atoms with van der Waals surface area (Å²) in [6, 6.07) is 3.50. The van der Waals surface area contributed by atoms with Crippen molar-refractivity contribution in [1.29, 1.82) is 0 Å². The number of anilines is 1. The number of Topliss-reactive ketones (excluding diaryl/α,β-unsaturated/α-hetero) is 1. The van der Waals surface area contributed by atoms with E-state index in [0.29, 0.717) is 5.56 Å². The minimum atomic E-state index is -0.810. The molecule has 0 amide bonds. The number of nitrogens with two attached hydrogens (primary N) is 1. The van der Waals surface area contributed by atoms with Crippen molar-refractivity contribution in [2.75, 3.05) is 11.5 Å². The Kier molecular flexibility index (Phi) is 5.73. The predicted molar refractivity (Wildman–Crippen MR) is 103 cm³/mol. The Hall–Kier alpha value is -3.21. The first kappa shape index (κ1) is 19.5. The van der Waals surface area contributed by atoms with E-state index in [-0.39, 0.29) is 40.7 Å². The molecule has 11 heteroatoms. The lowest BCUT2D eigenvalue weighted by Gasteiger charge is -2.13. The standard InChI is InChI=1S/C17H18N6O4S/c1-9(2)7-23-13(18)12(14(25)20-16(23)26)11(24)8-28-17-22-21-15(27-17)10-4-3-5-19-6-10/h3-6,9H,7-8,18H2,1-2H3,(H,20,25,26). The van der Waals surface area contributed by atoms with Crippen LogP contribution in [-0.2, 0) is 6.54 Å². The first-order valence-corrected chi connectivity index (χ1v) is 9.38. The van der Waals surface area contributed by atoms with Crippen molar-refractivity contribution >= 4 is 23.4 Å². The SMILES string of the molecule is CC(C)Cn1c(N)c(C(=O)CSc2nnc(-c3cccnc3)o2)c(=O)[nH]c1=O. The van der Waals surface area contributed by atoms with Crippen LogP contribution in [0.2, 0.25) is 0 Å². The van der Waals surface area contributed by atoms with Crippen LogP contribution in [0.5, 0.6) is 0 Å². The topological polar surface area (TPSA) is 150 Å². The van der Waals surface area contributed by atoms with Crippen molar-refractivity contribution in [3.63, 3.8) is 0 Å². The average molecular weight is 402 g/mol. The molecule has 146 valence electrons. The van der Waals surface area contributed by atoms with Crippen molar-refractivity contribution in [2.45, 2.75) is 25.6 Å². The fourth-order valence-corrected chi connectivity index (χ4v) is 3.11. The lowest BCUT2D eigenvalue weighted by atomic mass is 10.2. The second kappa shape index (κ2) is 8.21. The highest BCUT2D eigenvalue weighted by Gasteiger charge is 2.21. The van der Waals surface area contributed by atoms with Crippen LogP contribution in [0.1, 0.15) is 24.2 Å². The van der Waals surface area contributed by atoms with E-state index < -0.39 is 17.0 Å². The van der Waals surface area contributed by atoms with E-state index in [0.717, 1.165) is 11.8 Å². The Morgan fingerprint density at radius 1 is 1.36 bits per heavy atom. The van der Waals surface area contributed by atoms with Crippen LogP contribution in [0.4, 0.5) is 5.82 Å². The molecule has 0 bridgehead atoms. The molecular weight excluding hydrogens is 384 g/mol. The van der Waals surface area contributed by atoms with Gasteiger partial charge in [-0.15, -0.1) is 10.2 Å². The first-order valence-electron chi connectivity index (χ1n) is 8.39. The molecular formula is C17H18N6O4S. The number of hydrogen-bond donors (Lipinski definition) is 2. The molecule has 0 fully saturated rings. The van der Waals surface area contributed by atoms with Gasteiger partial charge in [-0.3, -0.25) is 24.1 Å². The molecule has 0 aliphatic heterocycles. The van der Waals surface area contributed by atoms with E-state index in [4.69, 9.17) is 10.2 Å². The van der Waals surface area contributed by atoms with Gasteiger partial charge in [-0.1, -0.05) is 25.6 Å². The van der Waals surface area contributed by atoms with Gasteiger partial charge in [0.2, 0.25) is 5.89 Å². The van der Waals surface area contributed by atoms with Crippen molar-refractivity contribution < 1.29 is 9.21 Å². The molecule has 3 heterocycles. The van der Waals surface area contributed by atoms with Gasteiger partial charge in [-0.2, -0.15) is 0 Å². The minimum Gasteiger partial charge on any atom is -0.411 e. The third kappa shape index (κ3) is 4.19. The number of carbonyl (C=O) groups is 1. The number of carbonyl (C=O) groups excluding carboxylic acids is 1. The van der Waals surface area contributed by atoms with Gasteiger partial charge in [0.15, 0.2) is 5.78 Å². The monoisotopic (exact) mass is 402 g/mol. The summed E-state index contributed by atoms with van der Waals surface area (Å²) in [5, 5.41) is 7.94. The average Bonchev–Trinajstić information content (AvgIpc) is 3.13. The van der Waals surface area contributed by atoms with Crippen molar-refractivity contribution in [3.8, 4) is 11.5 Å². The number of nitrogens with zero attached hydrogens (tertiary/aromatic N) is 4. The third-order valence-electron chi connectivity index (χ3n) is 3.71. The number of H-pyrrole nitrogens is 1. The van der Waals surface area contributed by atoms with Crippen LogP contribution in [0, 0.1) is 5.92 Å². The van der Waals surface area contributed by atoms with E-state index in [1.807, 2.05) is 13.8 Å². The van der Waals surface area contributed by atoms with Crippen molar-refractivity contribution in [1.82, 2.24) is 24.7 Å². The molecule has 0 aliphatic rings. The van der Waals surface area contributed by atoms with Gasteiger partial charge in [0.25, 0.3) is 10.8 Å². The lowest BCUT2D eigenvalue weighted by Crippen LogP contribution is -2.37. The van der Waals surface area contributed by atoms with Crippen LogP contribution in [0.3, 0.4) is 0 Å². The molecule has 3 N–H and O–H groups in total. The van der Waals surface area contributed by atoms with Crippen LogP contribution in [-0.4, -0.2) is 36.3 Å². The number of ketones is 1. The van der Waals surface area contributed by atoms with E-state index in [1.165, 1.54) is 4.57 Å². The summed E-state index contributed by atoms with van der Waals surface area (Å²) in [5.74, 6) is -0.461. The lowest BCUT2D eigenvalue weighted by molar-refractivity contribution is 0.102. The molecule has 3 aromatic heterocycles. The van der Waals surface area contributed by atoms with Crippen LogP contribution in [0.25, 0.3) is 11.5 Å². The van der Waals surface area contributed by atoms with Gasteiger partial charge >= 0.3 is 5.69 Å². The zero-order valence-corrected chi connectivity index (χ0v) is 16.0. The van der Waals surface area contributed by atoms with Gasteiger partial charge in [-0.05, 0) is 18.1 Å². The summed E-state index contributed by atoms with van der Waals surface area (Å²) in [6.45, 7) is 4.07. The van der Waals surface area contributed by atoms with Gasteiger partial charge in [0.05, 0.1) is 11.3 Å². The summed E-state index contributed by atoms with van der Waals surface area (Å²) in [4.78, 5) is 42.7. The number of rotatable bonds is 7. The maximum Gasteiger partial charge on any atom is 0.329 e. The predicted octanol–water partition coefficient (Wildman–Crippen LogP) is 1.19. The highest BCUT2D eigenvalue weighted by Crippen LogP contribution is 2.23. The molecule has 0 unspecified atom stereocenters. The number of nitrogens with one attached hydrogen (secondary N) is 1. The normalized spacial score (nSPS) is 11.1. The molecule has 0 radical (unpaired) electrons. The van der Waals surface area contributed by atoms with E-state index in [1.54, 1.807) is 24.5 Å². The summed E-state index contributed by atoms with van der Waals surface area (Å²) in [5.41, 5.74) is 4.88. The molecule has 0 saturated carbocycles. The Bertz CT molecular complexity index is 1100. The fraction of sp³-hybridized carbons (Fsp3) is 0.294. The Morgan fingerprint density at radius 2 is 2.14 bits per heavy atom. The zero-order chi connectivity index (χ0) is 20.3. The molecule has 0 aromatic carbocycles. The number of aromatic amines is 1. The van der Waals surface area contributed by atoms with Crippen LogP contribution in [0.15, 0.2) is 43.8 Å². The fourth-order valence-electron chi connectivity index (χ4n) is 2.48. The van der Waals surface area contributed by atoms with E-state index >= 15 is 0 Å². The number of aromatic nitrogens is 5. The largest absolute Gasteiger partial charge is 0.411 e. The van der Waals surface area contributed by atoms with Gasteiger partial charge in [0.1, 0.15) is 11.4 Å². The highest BCUT2D eigenvalue weighted by molar-refractivity contribution is 7.99. The third-order valence-corrected chi connectivity index (χ3v) is 4.53. The first-order chi connectivity index (χ1) is 13.4. The Balaban J connectivity index is 1.78. The van der Waals surface area contributed by atoms with Crippen molar-refractivity contribution in [3.05, 3.63) is 50.9 Å². The highest BCUT2D eigenvalue weighted by atomic mass is 32.2. The second-order valence-electron chi connectivity index (χ2n) is 6.35. The summed E-state index contributed by atoms with van der Waals surface area (Å²) in [7, 11) is 0. The number of hydrogen-bond acceptors (Lipinski definition) is 9. The molecule has 0 aliphatic carbocycles. The number of thioether (sulfide) groups is 1. The summed E-state index contributed by atoms with van der Waals surface area (Å²) < 4.78 is 6.68. The molecule has 0 saturated heterocycles. The van der Waals surface area contributed by atoms with Crippen molar-refractivity contribution in [2.24, 2.45) is 5.92 Å². The Morgan fingerprint density at radius 3 is 2.82 bits per heavy atom. The van der Waals surface area contributed by atoms with Gasteiger partial charge < -0.3 is 10.2 Å². The van der Waals surface area contributed by atoms with Crippen LogP contribution >= 0.6 is 11.8 Å². The molecule has 0 atom stereocenters. The maximum atomic E-state index is 12.5. The summed E-state index contributed by atoms with van der Waals surface area (Å²) >= 11 is 0.974. The zero-order valence-electron chi connectivity index (χ0n) is 15.2. The van der Waals surface area contributed by atoms with Crippen LogP contribution < -0.4 is 17.0 Å². The molecule has 3 rings (SSSR count). The molecule has 28 heavy (non-hydrogen) atoms. The second-order valence-corrected chi connectivity index (χ2v) is 7.28. The van der Waals surface area contributed by atoms with E-state index in [9.17, 15) is 14.4 Å². The molecule has 3 aromatic rings. The van der Waals surface area contributed by atoms with E-state index in [2.05, 4.69) is 20.2 Å². The maximum absolute atomic E-state index is 12.5. The number of pyridine rings is 1. The van der Waals surface area contributed by atoms with Gasteiger partial charge in [-0.25, -0.2) is 4.79 Å². The summed E-state index contributed by atoms with van der Waals surface area (Å²) in [6.07, 6.45) is 3.19. The minimum absolute atomic E-state index is 0.104. The Labute approximate surface area is 163 Å². The quantitative estimate of drug-likeness (QED) is 0.439. The molecule has 0 spiro atoms. The smallest absolute Gasteiger partial charge is 0.329 e.